The van der Waals surface area contributed by atoms with Gasteiger partial charge in [-0.3, -0.25) is 9.59 Å². The summed E-state index contributed by atoms with van der Waals surface area (Å²) >= 11 is 0. The number of likely N-dealkylation sites (tertiary alicyclic amines) is 1. The molecule has 140 valence electrons. The number of aliphatic carboxylic acids is 1. The molecular weight excluding hydrogens is 339 g/mol. The second kappa shape index (κ2) is 7.43. The molecule has 2 unspecified atom stereocenters. The van der Waals surface area contributed by atoms with Gasteiger partial charge in [0.25, 0.3) is 0 Å². The topological polar surface area (TPSA) is 86.7 Å². The summed E-state index contributed by atoms with van der Waals surface area (Å²) in [4.78, 5) is 38.2. The summed E-state index contributed by atoms with van der Waals surface area (Å²) in [6.07, 6.45) is 4.23. The third-order valence-corrected chi connectivity index (χ3v) is 5.34. The van der Waals surface area contributed by atoms with Gasteiger partial charge >= 0.3 is 5.97 Å². The molecule has 0 radical (unpaired) electrons. The lowest BCUT2D eigenvalue weighted by atomic mass is 10.0. The van der Waals surface area contributed by atoms with E-state index < -0.39 is 29.7 Å². The molecule has 6 nitrogen and oxygen atoms in total. The molecule has 1 aromatic carbocycles. The highest BCUT2D eigenvalue weighted by molar-refractivity contribution is 5.91. The minimum atomic E-state index is -1.27. The van der Waals surface area contributed by atoms with Gasteiger partial charge in [-0.05, 0) is 37.0 Å². The number of carbonyl (C=O) groups excluding carboxylic acids is 2. The van der Waals surface area contributed by atoms with Crippen molar-refractivity contribution >= 4 is 17.8 Å². The van der Waals surface area contributed by atoms with Gasteiger partial charge in [-0.2, -0.15) is 0 Å². The Kier molecular flexibility index (Phi) is 5.25. The molecule has 0 bridgehead atoms. The van der Waals surface area contributed by atoms with E-state index in [0.29, 0.717) is 17.7 Å². The number of hydrogen-bond acceptors (Lipinski definition) is 3. The first-order valence-electron chi connectivity index (χ1n) is 8.95. The Morgan fingerprint density at radius 3 is 2.62 bits per heavy atom. The summed E-state index contributed by atoms with van der Waals surface area (Å²) in [5.41, 5.74) is 0.619. The molecule has 7 heteroatoms. The van der Waals surface area contributed by atoms with Crippen LogP contribution < -0.4 is 5.32 Å². The number of carbonyl (C=O) groups is 3. The Labute approximate surface area is 151 Å². The third-order valence-electron chi connectivity index (χ3n) is 5.34. The summed E-state index contributed by atoms with van der Waals surface area (Å²) in [6, 6.07) is 2.89. The fraction of sp³-hybridized carbons (Fsp3) is 0.526. The van der Waals surface area contributed by atoms with Gasteiger partial charge < -0.3 is 15.3 Å². The molecule has 26 heavy (non-hydrogen) atoms. The van der Waals surface area contributed by atoms with Gasteiger partial charge in [-0.15, -0.1) is 0 Å². The van der Waals surface area contributed by atoms with Gasteiger partial charge in [0.1, 0.15) is 5.82 Å². The quantitative estimate of drug-likeness (QED) is 0.840. The van der Waals surface area contributed by atoms with E-state index in [9.17, 15) is 23.9 Å². The number of amides is 2. The number of nitrogens with zero attached hydrogens (tertiary/aromatic N) is 1. The average molecular weight is 362 g/mol. The maximum absolute atomic E-state index is 13.4. The second-order valence-electron chi connectivity index (χ2n) is 7.17. The summed E-state index contributed by atoms with van der Waals surface area (Å²) in [7, 11) is 0. The summed E-state index contributed by atoms with van der Waals surface area (Å²) in [5.74, 6) is -2.69. The van der Waals surface area contributed by atoms with Crippen LogP contribution in [0, 0.1) is 18.7 Å². The van der Waals surface area contributed by atoms with E-state index >= 15 is 0 Å². The van der Waals surface area contributed by atoms with Crippen LogP contribution in [-0.4, -0.2) is 40.4 Å². The SMILES string of the molecule is Cc1cc(C(NC(=O)C2CC(=O)N(C3CCCC3)C2)C(=O)O)ccc1F. The van der Waals surface area contributed by atoms with Crippen LogP contribution in [0.3, 0.4) is 0 Å². The van der Waals surface area contributed by atoms with Gasteiger partial charge in [0, 0.05) is 19.0 Å². The standard InChI is InChI=1S/C19H23FN2O4/c1-11-8-12(6-7-15(11)20)17(19(25)26)21-18(24)13-9-16(23)22(10-13)14-4-2-3-5-14/h6-8,13-14,17H,2-5,9-10H2,1H3,(H,21,24)(H,25,26). The van der Waals surface area contributed by atoms with E-state index in [1.54, 1.807) is 4.90 Å². The Hall–Kier alpha value is -2.44. The molecule has 2 aliphatic rings. The molecule has 1 aliphatic heterocycles. The van der Waals surface area contributed by atoms with Gasteiger partial charge in [0.15, 0.2) is 6.04 Å². The van der Waals surface area contributed by atoms with Crippen molar-refractivity contribution in [1.82, 2.24) is 10.2 Å². The summed E-state index contributed by atoms with van der Waals surface area (Å²) in [6.45, 7) is 1.87. The number of nitrogens with one attached hydrogen (secondary N) is 1. The molecule has 2 N–H and O–H groups in total. The van der Waals surface area contributed by atoms with Crippen LogP contribution in [0.15, 0.2) is 18.2 Å². The Bertz CT molecular complexity index is 730. The lowest BCUT2D eigenvalue weighted by molar-refractivity contribution is -0.142. The summed E-state index contributed by atoms with van der Waals surface area (Å²) in [5, 5.41) is 12.0. The zero-order valence-electron chi connectivity index (χ0n) is 14.7. The molecule has 1 aromatic rings. The van der Waals surface area contributed by atoms with Crippen molar-refractivity contribution in [2.75, 3.05) is 6.54 Å². The first kappa shape index (κ1) is 18.4. The van der Waals surface area contributed by atoms with Gasteiger partial charge in [-0.25, -0.2) is 9.18 Å². The van der Waals surface area contributed by atoms with Crippen molar-refractivity contribution in [3.05, 3.63) is 35.1 Å². The highest BCUT2D eigenvalue weighted by Gasteiger charge is 2.39. The minimum absolute atomic E-state index is 0.0402. The van der Waals surface area contributed by atoms with E-state index in [0.717, 1.165) is 25.7 Å². The highest BCUT2D eigenvalue weighted by Crippen LogP contribution is 2.30. The van der Waals surface area contributed by atoms with Crippen LogP contribution in [0.25, 0.3) is 0 Å². The van der Waals surface area contributed by atoms with E-state index in [1.807, 2.05) is 0 Å². The molecule has 1 saturated heterocycles. The summed E-state index contributed by atoms with van der Waals surface area (Å²) < 4.78 is 13.4. The number of hydrogen-bond donors (Lipinski definition) is 2. The van der Waals surface area contributed by atoms with Crippen LogP contribution in [0.5, 0.6) is 0 Å². The lowest BCUT2D eigenvalue weighted by Gasteiger charge is -2.24. The Balaban J connectivity index is 1.69. The Morgan fingerprint density at radius 1 is 1.31 bits per heavy atom. The molecule has 2 fully saturated rings. The Morgan fingerprint density at radius 2 is 2.00 bits per heavy atom. The van der Waals surface area contributed by atoms with E-state index in [-0.39, 0.29) is 18.4 Å². The fourth-order valence-electron chi connectivity index (χ4n) is 3.87. The molecule has 1 aliphatic carbocycles. The van der Waals surface area contributed by atoms with Crippen molar-refractivity contribution < 1.29 is 23.9 Å². The number of aryl methyl sites for hydroxylation is 1. The van der Waals surface area contributed by atoms with Crippen molar-refractivity contribution in [3.63, 3.8) is 0 Å². The van der Waals surface area contributed by atoms with Crippen molar-refractivity contribution in [2.45, 2.75) is 51.1 Å². The number of benzene rings is 1. The van der Waals surface area contributed by atoms with Crippen LogP contribution in [0.4, 0.5) is 4.39 Å². The molecule has 1 saturated carbocycles. The minimum Gasteiger partial charge on any atom is -0.479 e. The van der Waals surface area contributed by atoms with Gasteiger partial charge in [-0.1, -0.05) is 25.0 Å². The second-order valence-corrected chi connectivity index (χ2v) is 7.17. The number of halogens is 1. The molecule has 1 heterocycles. The zero-order chi connectivity index (χ0) is 18.8. The van der Waals surface area contributed by atoms with E-state index in [4.69, 9.17) is 0 Å². The van der Waals surface area contributed by atoms with Crippen LogP contribution in [0.1, 0.15) is 49.3 Å². The van der Waals surface area contributed by atoms with Gasteiger partial charge in [0.2, 0.25) is 11.8 Å². The van der Waals surface area contributed by atoms with Crippen LogP contribution in [0.2, 0.25) is 0 Å². The van der Waals surface area contributed by atoms with Crippen molar-refractivity contribution in [1.29, 1.82) is 0 Å². The van der Waals surface area contributed by atoms with E-state index in [1.165, 1.54) is 25.1 Å². The third kappa shape index (κ3) is 3.71. The molecule has 2 atom stereocenters. The number of carboxylic acid groups (broad SMARTS) is 1. The van der Waals surface area contributed by atoms with Crippen molar-refractivity contribution in [3.8, 4) is 0 Å². The normalized spacial score (nSPS) is 21.8. The molecule has 3 rings (SSSR count). The highest BCUT2D eigenvalue weighted by atomic mass is 19.1. The molecule has 2 amide bonds. The molecular formula is C19H23FN2O4. The van der Waals surface area contributed by atoms with Crippen molar-refractivity contribution in [2.24, 2.45) is 5.92 Å². The maximum atomic E-state index is 13.4. The maximum Gasteiger partial charge on any atom is 0.330 e. The predicted molar refractivity (Wildman–Crippen MR) is 91.7 cm³/mol. The lowest BCUT2D eigenvalue weighted by Crippen LogP contribution is -2.40. The first-order chi connectivity index (χ1) is 12.4. The molecule has 0 aromatic heterocycles. The van der Waals surface area contributed by atoms with E-state index in [2.05, 4.69) is 5.32 Å². The van der Waals surface area contributed by atoms with Crippen LogP contribution >= 0.6 is 0 Å². The van der Waals surface area contributed by atoms with Crippen LogP contribution in [-0.2, 0) is 14.4 Å². The number of rotatable bonds is 5. The monoisotopic (exact) mass is 362 g/mol. The fourth-order valence-corrected chi connectivity index (χ4v) is 3.87. The smallest absolute Gasteiger partial charge is 0.330 e. The first-order valence-corrected chi connectivity index (χ1v) is 8.95. The number of carboxylic acids is 1. The molecule has 0 spiro atoms. The predicted octanol–water partition coefficient (Wildman–Crippen LogP) is 2.17. The zero-order valence-corrected chi connectivity index (χ0v) is 14.7. The van der Waals surface area contributed by atoms with Gasteiger partial charge in [0.05, 0.1) is 5.92 Å². The largest absolute Gasteiger partial charge is 0.479 e. The average Bonchev–Trinajstić information content (AvgIpc) is 3.24.